The summed E-state index contributed by atoms with van der Waals surface area (Å²) < 4.78 is 2.94. The van der Waals surface area contributed by atoms with Crippen LogP contribution in [0.2, 0.25) is 0 Å². The van der Waals surface area contributed by atoms with E-state index < -0.39 is 19.8 Å². The van der Waals surface area contributed by atoms with E-state index in [2.05, 4.69) is 0 Å². The fourth-order valence-electron chi connectivity index (χ4n) is 0.854. The van der Waals surface area contributed by atoms with Gasteiger partial charge in [-0.2, -0.15) is 0 Å². The Bertz CT molecular complexity index is 436. The van der Waals surface area contributed by atoms with Gasteiger partial charge >= 0.3 is 5.97 Å². The van der Waals surface area contributed by atoms with Gasteiger partial charge in [0, 0.05) is 0 Å². The highest BCUT2D eigenvalue weighted by Gasteiger charge is 2.30. The van der Waals surface area contributed by atoms with Crippen molar-refractivity contribution in [3.8, 4) is 5.75 Å². The Morgan fingerprint density at radius 3 is 2.06 bits per heavy atom. The third-order valence-corrected chi connectivity index (χ3v) is 3.34. The second-order valence-electron chi connectivity index (χ2n) is 2.83. The predicted octanol–water partition coefficient (Wildman–Crippen LogP) is 4.65. The summed E-state index contributed by atoms with van der Waals surface area (Å²) in [6, 6.07) is 8.30. The van der Waals surface area contributed by atoms with Crippen molar-refractivity contribution in [3.05, 3.63) is 40.4 Å². The summed E-state index contributed by atoms with van der Waals surface area (Å²) in [5, 5.41) is -0.888. The van der Waals surface area contributed by atoms with Crippen molar-refractivity contribution in [1.29, 1.82) is 0 Å². The average Bonchev–Trinajstić information content (AvgIpc) is 2.27. The Morgan fingerprint density at radius 2 is 1.59 bits per heavy atom. The Kier molecular flexibility index (Phi) is 5.42. The SMILES string of the molecule is O=C(Oc1ccccc1)C(Cl)=C(Cl)C(Cl)(Cl)Cl. The number of carbonyl (C=O) groups is 1. The van der Waals surface area contributed by atoms with E-state index >= 15 is 0 Å². The van der Waals surface area contributed by atoms with Crippen LogP contribution in [-0.2, 0) is 4.79 Å². The van der Waals surface area contributed by atoms with Gasteiger partial charge in [0.25, 0.3) is 0 Å². The number of para-hydroxylation sites is 1. The largest absolute Gasteiger partial charge is 0.422 e. The van der Waals surface area contributed by atoms with Crippen molar-refractivity contribution < 1.29 is 9.53 Å². The zero-order chi connectivity index (χ0) is 13.1. The van der Waals surface area contributed by atoms with Crippen LogP contribution in [-0.4, -0.2) is 9.76 Å². The summed E-state index contributed by atoms with van der Waals surface area (Å²) >= 11 is 27.7. The van der Waals surface area contributed by atoms with E-state index in [0.717, 1.165) is 0 Å². The number of hydrogen-bond acceptors (Lipinski definition) is 2. The molecule has 1 aromatic carbocycles. The maximum atomic E-state index is 11.5. The summed E-state index contributed by atoms with van der Waals surface area (Å²) in [6.07, 6.45) is 0. The molecule has 0 heterocycles. The second kappa shape index (κ2) is 6.17. The van der Waals surface area contributed by atoms with Crippen LogP contribution >= 0.6 is 58.0 Å². The molecule has 0 aromatic heterocycles. The van der Waals surface area contributed by atoms with Crippen LogP contribution in [0.3, 0.4) is 0 Å². The number of halogens is 5. The Labute approximate surface area is 123 Å². The maximum absolute atomic E-state index is 11.5. The lowest BCUT2D eigenvalue weighted by atomic mass is 10.3. The highest BCUT2D eigenvalue weighted by Crippen LogP contribution is 2.40. The minimum atomic E-state index is -1.96. The molecule has 0 aliphatic carbocycles. The number of benzene rings is 1. The molecule has 0 N–H and O–H groups in total. The van der Waals surface area contributed by atoms with Crippen molar-refractivity contribution >= 4 is 64.0 Å². The van der Waals surface area contributed by atoms with E-state index in [4.69, 9.17) is 62.7 Å². The van der Waals surface area contributed by atoms with Crippen LogP contribution in [0.15, 0.2) is 40.4 Å². The van der Waals surface area contributed by atoms with E-state index in [1.54, 1.807) is 30.3 Å². The van der Waals surface area contributed by atoms with Gasteiger partial charge in [-0.3, -0.25) is 0 Å². The van der Waals surface area contributed by atoms with Gasteiger partial charge in [-0.15, -0.1) is 0 Å². The molecule has 0 bridgehead atoms. The van der Waals surface area contributed by atoms with E-state index in [1.807, 2.05) is 0 Å². The van der Waals surface area contributed by atoms with Crippen LogP contribution in [0.4, 0.5) is 0 Å². The first-order chi connectivity index (χ1) is 7.82. The molecule has 0 radical (unpaired) electrons. The first-order valence-corrected chi connectivity index (χ1v) is 6.11. The molecule has 0 fully saturated rings. The van der Waals surface area contributed by atoms with E-state index in [1.165, 1.54) is 0 Å². The second-order valence-corrected chi connectivity index (χ2v) is 5.87. The molecule has 1 rings (SSSR count). The molecule has 0 saturated heterocycles. The third-order valence-electron chi connectivity index (χ3n) is 1.57. The lowest BCUT2D eigenvalue weighted by Gasteiger charge is -2.11. The van der Waals surface area contributed by atoms with Gasteiger partial charge < -0.3 is 4.74 Å². The zero-order valence-electron chi connectivity index (χ0n) is 8.09. The number of carbonyl (C=O) groups excluding carboxylic acids is 1. The minimum Gasteiger partial charge on any atom is -0.422 e. The number of hydrogen-bond donors (Lipinski definition) is 0. The lowest BCUT2D eigenvalue weighted by Crippen LogP contribution is -2.13. The quantitative estimate of drug-likeness (QED) is 0.340. The molecule has 2 nitrogen and oxygen atoms in total. The molecular formula is C10H5Cl5O2. The van der Waals surface area contributed by atoms with Gasteiger partial charge in [-0.05, 0) is 12.1 Å². The highest BCUT2D eigenvalue weighted by atomic mass is 35.6. The van der Waals surface area contributed by atoms with E-state index in [0.29, 0.717) is 5.75 Å². The Morgan fingerprint density at radius 1 is 1.06 bits per heavy atom. The van der Waals surface area contributed by atoms with Gasteiger partial charge in [0.05, 0.1) is 5.03 Å². The number of rotatable bonds is 2. The monoisotopic (exact) mass is 332 g/mol. The van der Waals surface area contributed by atoms with Crippen molar-refractivity contribution in [3.63, 3.8) is 0 Å². The molecule has 1 aromatic rings. The van der Waals surface area contributed by atoms with Crippen molar-refractivity contribution in [2.24, 2.45) is 0 Å². The van der Waals surface area contributed by atoms with Crippen LogP contribution in [0.5, 0.6) is 5.75 Å². The van der Waals surface area contributed by atoms with Crippen LogP contribution < -0.4 is 4.74 Å². The van der Waals surface area contributed by atoms with Gasteiger partial charge in [-0.1, -0.05) is 76.2 Å². The predicted molar refractivity (Wildman–Crippen MR) is 71.1 cm³/mol. The zero-order valence-corrected chi connectivity index (χ0v) is 11.9. The lowest BCUT2D eigenvalue weighted by molar-refractivity contribution is -0.129. The summed E-state index contributed by atoms with van der Waals surface area (Å²) in [6.45, 7) is 0. The summed E-state index contributed by atoms with van der Waals surface area (Å²) in [7, 11) is 0. The molecule has 0 amide bonds. The topological polar surface area (TPSA) is 26.3 Å². The van der Waals surface area contributed by atoms with E-state index in [9.17, 15) is 4.79 Å². The number of allylic oxidation sites excluding steroid dienone is 1. The molecule has 92 valence electrons. The summed E-state index contributed by atoms with van der Waals surface area (Å²) in [4.78, 5) is 11.5. The van der Waals surface area contributed by atoms with Crippen molar-refractivity contribution in [2.75, 3.05) is 0 Å². The van der Waals surface area contributed by atoms with Gasteiger partial charge in [0.1, 0.15) is 10.8 Å². The van der Waals surface area contributed by atoms with Crippen LogP contribution in [0.1, 0.15) is 0 Å². The number of esters is 1. The Balaban J connectivity index is 2.85. The molecule has 0 unspecified atom stereocenters. The first-order valence-electron chi connectivity index (χ1n) is 4.22. The fourth-order valence-corrected chi connectivity index (χ4v) is 1.54. The summed E-state index contributed by atoms with van der Waals surface area (Å²) in [5.74, 6) is -0.585. The van der Waals surface area contributed by atoms with Gasteiger partial charge in [0.2, 0.25) is 3.79 Å². The molecule has 0 aliphatic rings. The van der Waals surface area contributed by atoms with Crippen LogP contribution in [0, 0.1) is 0 Å². The van der Waals surface area contributed by atoms with Gasteiger partial charge in [0.15, 0.2) is 0 Å². The normalized spacial score (nSPS) is 13.0. The Hall–Kier alpha value is -0.120. The molecule has 0 atom stereocenters. The maximum Gasteiger partial charge on any atom is 0.356 e. The minimum absolute atomic E-state index is 0.310. The average molecular weight is 334 g/mol. The first kappa shape index (κ1) is 14.9. The van der Waals surface area contributed by atoms with Crippen molar-refractivity contribution in [1.82, 2.24) is 0 Å². The molecular weight excluding hydrogens is 329 g/mol. The number of ether oxygens (including phenoxy) is 1. The van der Waals surface area contributed by atoms with Crippen molar-refractivity contribution in [2.45, 2.75) is 3.79 Å². The molecule has 0 spiro atoms. The smallest absolute Gasteiger partial charge is 0.356 e. The molecule has 7 heteroatoms. The third kappa shape index (κ3) is 4.57. The molecule has 0 aliphatic heterocycles. The summed E-state index contributed by atoms with van der Waals surface area (Å²) in [5.41, 5.74) is 0. The van der Waals surface area contributed by atoms with Crippen LogP contribution in [0.25, 0.3) is 0 Å². The number of alkyl halides is 3. The standard InChI is InChI=1S/C10H5Cl5O2/c11-7(8(12)10(13,14)15)9(16)17-6-4-2-1-3-5-6/h1-5H. The highest BCUT2D eigenvalue weighted by molar-refractivity contribution is 6.74. The van der Waals surface area contributed by atoms with E-state index in [-0.39, 0.29) is 0 Å². The molecule has 17 heavy (non-hydrogen) atoms. The molecule has 0 saturated carbocycles. The fraction of sp³-hybridized carbons (Fsp3) is 0.100. The van der Waals surface area contributed by atoms with Gasteiger partial charge in [-0.25, -0.2) is 4.79 Å².